The highest BCUT2D eigenvalue weighted by atomic mass is 19.1. The Kier molecular flexibility index (Phi) is 3.06. The first-order chi connectivity index (χ1) is 8.16. The number of anilines is 1. The highest BCUT2D eigenvalue weighted by molar-refractivity contribution is 5.50. The van der Waals surface area contributed by atoms with Crippen molar-refractivity contribution >= 4 is 5.69 Å². The Morgan fingerprint density at radius 3 is 2.18 bits per heavy atom. The molecule has 0 bridgehead atoms. The zero-order valence-electron chi connectivity index (χ0n) is 8.87. The zero-order chi connectivity index (χ0) is 12.3. The molecule has 0 aliphatic rings. The molecule has 2 aromatic rings. The van der Waals surface area contributed by atoms with E-state index in [1.54, 1.807) is 24.3 Å². The van der Waals surface area contributed by atoms with E-state index >= 15 is 0 Å². The van der Waals surface area contributed by atoms with E-state index in [-0.39, 0.29) is 5.56 Å². The number of benzene rings is 2. The van der Waals surface area contributed by atoms with Gasteiger partial charge < -0.3 is 5.73 Å². The monoisotopic (exact) mass is 229 g/mol. The van der Waals surface area contributed by atoms with Crippen LogP contribution in [-0.2, 0) is 0 Å². The fraction of sp³-hybridized carbons (Fsp3) is 0. The first-order valence-electron chi connectivity index (χ1n) is 4.98. The second-order valence-corrected chi connectivity index (χ2v) is 3.47. The van der Waals surface area contributed by atoms with Gasteiger partial charge >= 0.3 is 0 Å². The molecule has 0 unspecified atom stereocenters. The summed E-state index contributed by atoms with van der Waals surface area (Å²) in [6, 6.07) is 10.5. The molecule has 0 aromatic heterocycles. The smallest absolute Gasteiger partial charge is 0.141 e. The molecule has 2 aromatic carbocycles. The predicted octanol–water partition coefficient (Wildman–Crippen LogP) is 2.95. The molecule has 0 amide bonds. The van der Waals surface area contributed by atoms with Crippen LogP contribution in [0.1, 0.15) is 11.1 Å². The maximum atomic E-state index is 13.3. The van der Waals surface area contributed by atoms with Gasteiger partial charge in [0.05, 0.1) is 5.56 Å². The van der Waals surface area contributed by atoms with E-state index in [1.165, 1.54) is 18.2 Å². The van der Waals surface area contributed by atoms with Gasteiger partial charge in [-0.05, 0) is 30.3 Å². The summed E-state index contributed by atoms with van der Waals surface area (Å²) in [6.07, 6.45) is 0. The van der Waals surface area contributed by atoms with Crippen LogP contribution in [0, 0.1) is 23.5 Å². The average molecular weight is 229 g/mol. The summed E-state index contributed by atoms with van der Waals surface area (Å²) in [6.45, 7) is 0. The largest absolute Gasteiger partial charge is 0.399 e. The van der Waals surface area contributed by atoms with Crippen LogP contribution in [0.5, 0.6) is 0 Å². The van der Waals surface area contributed by atoms with Crippen molar-refractivity contribution in [2.45, 2.75) is 0 Å². The van der Waals surface area contributed by atoms with Crippen LogP contribution in [0.25, 0.3) is 0 Å². The second-order valence-electron chi connectivity index (χ2n) is 3.47. The number of rotatable bonds is 0. The third-order valence-electron chi connectivity index (χ3n) is 2.18. The van der Waals surface area contributed by atoms with Crippen molar-refractivity contribution in [1.82, 2.24) is 0 Å². The lowest BCUT2D eigenvalue weighted by Gasteiger charge is -1.96. The third-order valence-corrected chi connectivity index (χ3v) is 2.18. The van der Waals surface area contributed by atoms with Gasteiger partial charge in [0.25, 0.3) is 0 Å². The predicted molar refractivity (Wildman–Crippen MR) is 63.2 cm³/mol. The van der Waals surface area contributed by atoms with Gasteiger partial charge in [-0.2, -0.15) is 0 Å². The highest BCUT2D eigenvalue weighted by Crippen LogP contribution is 2.11. The lowest BCUT2D eigenvalue weighted by Crippen LogP contribution is -1.89. The Morgan fingerprint density at radius 1 is 0.882 bits per heavy atom. The molecule has 0 saturated carbocycles. The van der Waals surface area contributed by atoms with Crippen molar-refractivity contribution in [3.63, 3.8) is 0 Å². The van der Waals surface area contributed by atoms with E-state index in [9.17, 15) is 8.78 Å². The Hall–Kier alpha value is -2.34. The molecule has 3 heteroatoms. The number of nitrogen functional groups attached to an aromatic ring is 1. The molecule has 2 N–H and O–H groups in total. The highest BCUT2D eigenvalue weighted by Gasteiger charge is 2.04. The summed E-state index contributed by atoms with van der Waals surface area (Å²) >= 11 is 0. The van der Waals surface area contributed by atoms with Crippen LogP contribution >= 0.6 is 0 Å². The quantitative estimate of drug-likeness (QED) is 0.545. The SMILES string of the molecule is Nc1cccc(C#Cc2c(F)cccc2F)c1. The van der Waals surface area contributed by atoms with E-state index in [0.717, 1.165) is 0 Å². The van der Waals surface area contributed by atoms with Crippen molar-refractivity contribution in [3.8, 4) is 11.8 Å². The molecular formula is C14H9F2N. The molecule has 0 aliphatic carbocycles. The molecule has 0 heterocycles. The van der Waals surface area contributed by atoms with Gasteiger partial charge in [-0.15, -0.1) is 0 Å². The van der Waals surface area contributed by atoms with Gasteiger partial charge in [0.1, 0.15) is 11.6 Å². The lowest BCUT2D eigenvalue weighted by molar-refractivity contribution is 0.577. The van der Waals surface area contributed by atoms with Crippen LogP contribution in [0.3, 0.4) is 0 Å². The van der Waals surface area contributed by atoms with Gasteiger partial charge in [0.15, 0.2) is 0 Å². The summed E-state index contributed by atoms with van der Waals surface area (Å²) in [4.78, 5) is 0. The van der Waals surface area contributed by atoms with Gasteiger partial charge in [-0.1, -0.05) is 24.0 Å². The van der Waals surface area contributed by atoms with Crippen molar-refractivity contribution in [3.05, 3.63) is 65.2 Å². The lowest BCUT2D eigenvalue weighted by atomic mass is 10.1. The third kappa shape index (κ3) is 2.61. The van der Waals surface area contributed by atoms with E-state index in [1.807, 2.05) is 0 Å². The van der Waals surface area contributed by atoms with Gasteiger partial charge in [0, 0.05) is 11.3 Å². The average Bonchev–Trinajstić information content (AvgIpc) is 2.28. The van der Waals surface area contributed by atoms with Crippen LogP contribution in [-0.4, -0.2) is 0 Å². The van der Waals surface area contributed by atoms with Crippen LogP contribution in [0.2, 0.25) is 0 Å². The van der Waals surface area contributed by atoms with Gasteiger partial charge in [0.2, 0.25) is 0 Å². The van der Waals surface area contributed by atoms with E-state index in [2.05, 4.69) is 11.8 Å². The number of hydrogen-bond donors (Lipinski definition) is 1. The second kappa shape index (κ2) is 4.67. The summed E-state index contributed by atoms with van der Waals surface area (Å²) in [5.74, 6) is 3.81. The molecule has 0 atom stereocenters. The first kappa shape index (κ1) is 11.2. The van der Waals surface area contributed by atoms with Crippen LogP contribution in [0.15, 0.2) is 42.5 Å². The summed E-state index contributed by atoms with van der Waals surface area (Å²) in [5, 5.41) is 0. The number of hydrogen-bond acceptors (Lipinski definition) is 1. The minimum absolute atomic E-state index is 0.227. The zero-order valence-corrected chi connectivity index (χ0v) is 8.87. The minimum atomic E-state index is -0.665. The van der Waals surface area contributed by atoms with Crippen molar-refractivity contribution in [2.75, 3.05) is 5.73 Å². The standard InChI is InChI=1S/C14H9F2N/c15-13-5-2-6-14(16)12(13)8-7-10-3-1-4-11(17)9-10/h1-6,9H,17H2. The summed E-state index contributed by atoms with van der Waals surface area (Å²) in [5.41, 5.74) is 6.52. The Labute approximate surface area is 97.9 Å². The summed E-state index contributed by atoms with van der Waals surface area (Å²) in [7, 11) is 0. The molecule has 84 valence electrons. The molecule has 0 radical (unpaired) electrons. The fourth-order valence-electron chi connectivity index (χ4n) is 1.37. The van der Waals surface area contributed by atoms with Crippen molar-refractivity contribution in [2.24, 2.45) is 0 Å². The molecule has 0 aliphatic heterocycles. The Balaban J connectivity index is 2.40. The maximum absolute atomic E-state index is 13.3. The number of halogens is 2. The minimum Gasteiger partial charge on any atom is -0.399 e. The van der Waals surface area contributed by atoms with E-state index in [4.69, 9.17) is 5.73 Å². The van der Waals surface area contributed by atoms with Gasteiger partial charge in [-0.3, -0.25) is 0 Å². The molecule has 0 spiro atoms. The normalized spacial score (nSPS) is 9.53. The van der Waals surface area contributed by atoms with E-state index in [0.29, 0.717) is 11.3 Å². The molecule has 0 saturated heterocycles. The molecule has 1 nitrogen and oxygen atoms in total. The topological polar surface area (TPSA) is 26.0 Å². The van der Waals surface area contributed by atoms with Crippen LogP contribution < -0.4 is 5.73 Å². The molecule has 0 fully saturated rings. The van der Waals surface area contributed by atoms with Crippen LogP contribution in [0.4, 0.5) is 14.5 Å². The molecular weight excluding hydrogens is 220 g/mol. The van der Waals surface area contributed by atoms with Crippen molar-refractivity contribution < 1.29 is 8.78 Å². The van der Waals surface area contributed by atoms with E-state index < -0.39 is 11.6 Å². The number of nitrogens with two attached hydrogens (primary N) is 1. The molecule has 17 heavy (non-hydrogen) atoms. The Morgan fingerprint density at radius 2 is 1.53 bits per heavy atom. The summed E-state index contributed by atoms with van der Waals surface area (Å²) < 4.78 is 26.5. The molecule has 2 rings (SSSR count). The van der Waals surface area contributed by atoms with Gasteiger partial charge in [-0.25, -0.2) is 8.78 Å². The first-order valence-corrected chi connectivity index (χ1v) is 4.98. The fourth-order valence-corrected chi connectivity index (χ4v) is 1.37. The maximum Gasteiger partial charge on any atom is 0.141 e. The van der Waals surface area contributed by atoms with Crippen molar-refractivity contribution in [1.29, 1.82) is 0 Å². The Bertz CT molecular complexity index is 589.